The Morgan fingerprint density at radius 1 is 1.09 bits per heavy atom. The average Bonchev–Trinajstić information content (AvgIpc) is 2.47. The fourth-order valence-electron chi connectivity index (χ4n) is 2.54. The van der Waals surface area contributed by atoms with Crippen LogP contribution in [-0.4, -0.2) is 66.9 Å². The molecule has 0 radical (unpaired) electrons. The van der Waals surface area contributed by atoms with Gasteiger partial charge in [-0.3, -0.25) is 4.90 Å². The highest BCUT2D eigenvalue weighted by atomic mass is 35.5. The smallest absolute Gasteiger partial charge is 0.122 e. The normalized spacial score (nSPS) is 17.2. The van der Waals surface area contributed by atoms with Crippen LogP contribution in [0.2, 0.25) is 0 Å². The van der Waals surface area contributed by atoms with Gasteiger partial charge in [-0.15, -0.1) is 24.8 Å². The average molecular weight is 351 g/mol. The molecule has 0 bridgehead atoms. The van der Waals surface area contributed by atoms with Gasteiger partial charge in [0.1, 0.15) is 18.5 Å². The van der Waals surface area contributed by atoms with Crippen LogP contribution < -0.4 is 4.74 Å². The number of nitrogens with zero attached hydrogens (tertiary/aromatic N) is 2. The molecular formula is C16H28Cl2N2O2. The zero-order valence-electron chi connectivity index (χ0n) is 13.4. The quantitative estimate of drug-likeness (QED) is 0.853. The monoisotopic (exact) mass is 350 g/mol. The molecule has 0 amide bonds. The topological polar surface area (TPSA) is 35.9 Å². The molecule has 6 heteroatoms. The van der Waals surface area contributed by atoms with Crippen molar-refractivity contribution < 1.29 is 9.84 Å². The van der Waals surface area contributed by atoms with Crippen LogP contribution in [0.1, 0.15) is 12.5 Å². The Balaban J connectivity index is 0.00000220. The van der Waals surface area contributed by atoms with E-state index in [1.165, 1.54) is 0 Å². The predicted molar refractivity (Wildman–Crippen MR) is 95.7 cm³/mol. The first-order valence-corrected chi connectivity index (χ1v) is 7.50. The van der Waals surface area contributed by atoms with Gasteiger partial charge in [0.25, 0.3) is 0 Å². The number of rotatable bonds is 6. The highest BCUT2D eigenvalue weighted by Crippen LogP contribution is 2.16. The van der Waals surface area contributed by atoms with Crippen molar-refractivity contribution in [3.63, 3.8) is 0 Å². The number of halogens is 2. The minimum absolute atomic E-state index is 0. The summed E-state index contributed by atoms with van der Waals surface area (Å²) < 4.78 is 5.70. The van der Waals surface area contributed by atoms with Crippen molar-refractivity contribution in [1.82, 2.24) is 9.80 Å². The summed E-state index contributed by atoms with van der Waals surface area (Å²) in [6.45, 7) is 10.7. The number of aryl methyl sites for hydroxylation is 1. The molecule has 4 nitrogen and oxygen atoms in total. The van der Waals surface area contributed by atoms with Gasteiger partial charge in [0.2, 0.25) is 0 Å². The molecule has 1 unspecified atom stereocenters. The molecule has 0 aliphatic carbocycles. The highest BCUT2D eigenvalue weighted by molar-refractivity contribution is 5.85. The molecule has 1 fully saturated rings. The zero-order valence-corrected chi connectivity index (χ0v) is 15.0. The molecule has 1 aliphatic rings. The van der Waals surface area contributed by atoms with E-state index in [0.717, 1.165) is 44.0 Å². The first-order valence-electron chi connectivity index (χ1n) is 7.50. The van der Waals surface area contributed by atoms with Crippen LogP contribution >= 0.6 is 24.8 Å². The third-order valence-corrected chi connectivity index (χ3v) is 3.91. The molecule has 2 rings (SSSR count). The van der Waals surface area contributed by atoms with Gasteiger partial charge >= 0.3 is 0 Å². The minimum atomic E-state index is -0.428. The maximum Gasteiger partial charge on any atom is 0.122 e. The number of aliphatic hydroxyl groups excluding tert-OH is 1. The predicted octanol–water partition coefficient (Wildman–Crippen LogP) is 2.22. The number of aliphatic hydroxyl groups is 1. The Bertz CT molecular complexity index is 413. The van der Waals surface area contributed by atoms with E-state index >= 15 is 0 Å². The van der Waals surface area contributed by atoms with Crippen LogP contribution in [0.4, 0.5) is 0 Å². The number of para-hydroxylation sites is 1. The summed E-state index contributed by atoms with van der Waals surface area (Å²) in [6.07, 6.45) is -0.428. The van der Waals surface area contributed by atoms with Crippen molar-refractivity contribution in [2.24, 2.45) is 0 Å². The second kappa shape index (κ2) is 11.1. The van der Waals surface area contributed by atoms with E-state index < -0.39 is 6.10 Å². The lowest BCUT2D eigenvalue weighted by Crippen LogP contribution is -2.49. The van der Waals surface area contributed by atoms with Crippen molar-refractivity contribution in [3.8, 4) is 5.75 Å². The first kappa shape index (κ1) is 21.5. The van der Waals surface area contributed by atoms with Gasteiger partial charge in [-0.1, -0.05) is 25.1 Å². The molecule has 1 aliphatic heterocycles. The van der Waals surface area contributed by atoms with E-state index in [1.807, 2.05) is 31.2 Å². The fourth-order valence-corrected chi connectivity index (χ4v) is 2.54. The summed E-state index contributed by atoms with van der Waals surface area (Å²) in [5, 5.41) is 10.1. The molecular weight excluding hydrogens is 323 g/mol. The second-order valence-corrected chi connectivity index (χ2v) is 5.47. The van der Waals surface area contributed by atoms with Crippen LogP contribution in [-0.2, 0) is 0 Å². The zero-order chi connectivity index (χ0) is 14.4. The van der Waals surface area contributed by atoms with Crippen molar-refractivity contribution in [2.75, 3.05) is 45.9 Å². The molecule has 1 atom stereocenters. The van der Waals surface area contributed by atoms with Gasteiger partial charge in [-0.05, 0) is 25.1 Å². The third kappa shape index (κ3) is 6.71. The summed E-state index contributed by atoms with van der Waals surface area (Å²) in [5.41, 5.74) is 1.11. The maximum atomic E-state index is 10.1. The maximum absolute atomic E-state index is 10.1. The van der Waals surface area contributed by atoms with Crippen LogP contribution in [0.25, 0.3) is 0 Å². The van der Waals surface area contributed by atoms with Gasteiger partial charge in [0, 0.05) is 32.7 Å². The van der Waals surface area contributed by atoms with Crippen molar-refractivity contribution in [3.05, 3.63) is 29.8 Å². The lowest BCUT2D eigenvalue weighted by atomic mass is 10.2. The molecule has 0 saturated carbocycles. The molecule has 1 aromatic rings. The van der Waals surface area contributed by atoms with Crippen LogP contribution in [0.5, 0.6) is 5.75 Å². The first-order chi connectivity index (χ1) is 9.69. The van der Waals surface area contributed by atoms with E-state index in [9.17, 15) is 5.11 Å². The Morgan fingerprint density at radius 2 is 1.68 bits per heavy atom. The third-order valence-electron chi connectivity index (χ3n) is 3.91. The molecule has 22 heavy (non-hydrogen) atoms. The number of benzene rings is 1. The van der Waals surface area contributed by atoms with E-state index in [4.69, 9.17) is 4.74 Å². The molecule has 0 aromatic heterocycles. The summed E-state index contributed by atoms with van der Waals surface area (Å²) in [4.78, 5) is 4.75. The molecule has 128 valence electrons. The fraction of sp³-hybridized carbons (Fsp3) is 0.625. The molecule has 1 saturated heterocycles. The molecule has 0 spiro atoms. The number of piperazine rings is 1. The Labute approximate surface area is 146 Å². The lowest BCUT2D eigenvalue weighted by Gasteiger charge is -2.34. The minimum Gasteiger partial charge on any atom is -0.491 e. The van der Waals surface area contributed by atoms with Gasteiger partial charge in [0.05, 0.1) is 0 Å². The Kier molecular flexibility index (Phi) is 10.8. The van der Waals surface area contributed by atoms with Crippen molar-refractivity contribution >= 4 is 24.8 Å². The van der Waals surface area contributed by atoms with Crippen LogP contribution in [0, 0.1) is 6.92 Å². The molecule has 1 heterocycles. The van der Waals surface area contributed by atoms with E-state index in [0.29, 0.717) is 13.2 Å². The van der Waals surface area contributed by atoms with E-state index in [2.05, 4.69) is 16.7 Å². The standard InChI is InChI=1S/C16H26N2O2.2ClH/c1-3-17-8-10-18(11-9-17)12-15(19)13-20-16-7-5-4-6-14(16)2;;/h4-7,15,19H,3,8-13H2,1-2H3;2*1H. The van der Waals surface area contributed by atoms with Gasteiger partial charge in [0.15, 0.2) is 0 Å². The van der Waals surface area contributed by atoms with Gasteiger partial charge in [-0.25, -0.2) is 0 Å². The Hall–Kier alpha value is -0.520. The Morgan fingerprint density at radius 3 is 2.27 bits per heavy atom. The summed E-state index contributed by atoms with van der Waals surface area (Å²) in [6, 6.07) is 7.91. The number of hydrogen-bond donors (Lipinski definition) is 1. The largest absolute Gasteiger partial charge is 0.491 e. The number of hydrogen-bond acceptors (Lipinski definition) is 4. The number of likely N-dealkylation sites (N-methyl/N-ethyl adjacent to an activating group) is 1. The molecule has 1 aromatic carbocycles. The highest BCUT2D eigenvalue weighted by Gasteiger charge is 2.18. The van der Waals surface area contributed by atoms with E-state index in [1.54, 1.807) is 0 Å². The van der Waals surface area contributed by atoms with E-state index in [-0.39, 0.29) is 24.8 Å². The summed E-state index contributed by atoms with van der Waals surface area (Å²) >= 11 is 0. The van der Waals surface area contributed by atoms with Gasteiger partial charge in [-0.2, -0.15) is 0 Å². The summed E-state index contributed by atoms with van der Waals surface area (Å²) in [7, 11) is 0. The van der Waals surface area contributed by atoms with Crippen molar-refractivity contribution in [1.29, 1.82) is 0 Å². The SMILES string of the molecule is CCN1CCN(CC(O)COc2ccccc2C)CC1.Cl.Cl. The number of β-amino-alcohol motifs (C(OH)–C–C–N with tert-alkyl or cyclic N) is 1. The lowest BCUT2D eigenvalue weighted by molar-refractivity contribution is 0.0469. The molecule has 1 N–H and O–H groups in total. The number of ether oxygens (including phenoxy) is 1. The second-order valence-electron chi connectivity index (χ2n) is 5.47. The van der Waals surface area contributed by atoms with Gasteiger partial charge < -0.3 is 14.7 Å². The van der Waals surface area contributed by atoms with Crippen LogP contribution in [0.3, 0.4) is 0 Å². The van der Waals surface area contributed by atoms with Crippen LogP contribution in [0.15, 0.2) is 24.3 Å². The summed E-state index contributed by atoms with van der Waals surface area (Å²) in [5.74, 6) is 0.863. The van der Waals surface area contributed by atoms with Crippen molar-refractivity contribution in [2.45, 2.75) is 20.0 Å².